The number of hydrogen-bond donors (Lipinski definition) is 0. The second kappa shape index (κ2) is 8.20. The minimum absolute atomic E-state index is 0.329. The summed E-state index contributed by atoms with van der Waals surface area (Å²) in [6.45, 7) is 0.423. The van der Waals surface area contributed by atoms with Crippen molar-refractivity contribution in [2.24, 2.45) is 4.99 Å². The lowest BCUT2D eigenvalue weighted by molar-refractivity contribution is 0.0227. The fraction of sp³-hybridized carbons (Fsp3) is 0.200. The lowest BCUT2D eigenvalue weighted by Crippen LogP contribution is -2.33. The molecule has 0 saturated heterocycles. The number of fused-ring (bicyclic) bond motifs is 1. The monoisotopic (exact) mass is 412 g/mol. The Bertz CT molecular complexity index is 955. The molecule has 0 bridgehead atoms. The van der Waals surface area contributed by atoms with Gasteiger partial charge in [0.15, 0.2) is 6.73 Å². The van der Waals surface area contributed by atoms with Crippen molar-refractivity contribution >= 4 is 45.7 Å². The van der Waals surface area contributed by atoms with Crippen LogP contribution >= 0.6 is 23.5 Å². The summed E-state index contributed by atoms with van der Waals surface area (Å²) in [5, 5.41) is 0. The summed E-state index contributed by atoms with van der Waals surface area (Å²) >= 11 is 3.30. The molecule has 2 aliphatic rings. The molecular weight excluding hydrogens is 396 g/mol. The molecule has 2 aromatic carbocycles. The minimum Gasteiger partial charge on any atom is -0.440 e. The molecule has 2 amide bonds. The van der Waals surface area contributed by atoms with Gasteiger partial charge in [0.05, 0.1) is 23.2 Å². The van der Waals surface area contributed by atoms with E-state index in [1.54, 1.807) is 59.9 Å². The number of benzene rings is 2. The highest BCUT2D eigenvalue weighted by Gasteiger charge is 2.35. The van der Waals surface area contributed by atoms with E-state index in [2.05, 4.69) is 4.99 Å². The molecule has 0 saturated carbocycles. The molecule has 28 heavy (non-hydrogen) atoms. The van der Waals surface area contributed by atoms with Gasteiger partial charge in [-0.2, -0.15) is 0 Å². The number of imide groups is 1. The molecule has 0 radical (unpaired) electrons. The Morgan fingerprint density at radius 3 is 2.43 bits per heavy atom. The Labute approximate surface area is 170 Å². The van der Waals surface area contributed by atoms with Crippen molar-refractivity contribution in [2.75, 3.05) is 19.0 Å². The highest BCUT2D eigenvalue weighted by atomic mass is 32.2. The third-order valence-electron chi connectivity index (χ3n) is 4.35. The van der Waals surface area contributed by atoms with Gasteiger partial charge >= 0.3 is 5.97 Å². The third kappa shape index (κ3) is 3.70. The average Bonchev–Trinajstić information content (AvgIpc) is 3.33. The van der Waals surface area contributed by atoms with Gasteiger partial charge in [-0.1, -0.05) is 53.9 Å². The van der Waals surface area contributed by atoms with E-state index < -0.39 is 24.5 Å². The van der Waals surface area contributed by atoms with Crippen molar-refractivity contribution < 1.29 is 19.1 Å². The number of carbonyl (C=O) groups excluding carboxylic acids is 3. The zero-order chi connectivity index (χ0) is 19.5. The predicted octanol–water partition coefficient (Wildman–Crippen LogP) is 3.43. The molecule has 0 aliphatic carbocycles. The number of rotatable bonds is 5. The van der Waals surface area contributed by atoms with Crippen LogP contribution in [0, 0.1) is 0 Å². The van der Waals surface area contributed by atoms with Gasteiger partial charge in [-0.3, -0.25) is 14.6 Å². The predicted molar refractivity (Wildman–Crippen MR) is 110 cm³/mol. The first-order valence-corrected chi connectivity index (χ1v) is 10.6. The molecule has 2 aromatic rings. The van der Waals surface area contributed by atoms with Gasteiger partial charge in [0.25, 0.3) is 11.8 Å². The fourth-order valence-electron chi connectivity index (χ4n) is 2.94. The first-order valence-electron chi connectivity index (χ1n) is 8.65. The van der Waals surface area contributed by atoms with Crippen LogP contribution in [-0.2, 0) is 10.5 Å². The summed E-state index contributed by atoms with van der Waals surface area (Å²) < 4.78 is 6.32. The van der Waals surface area contributed by atoms with Gasteiger partial charge in [-0.05, 0) is 23.8 Å². The van der Waals surface area contributed by atoms with Crippen LogP contribution in [0.15, 0.2) is 53.5 Å². The van der Waals surface area contributed by atoms with Crippen LogP contribution in [0.1, 0.15) is 36.6 Å². The zero-order valence-corrected chi connectivity index (χ0v) is 16.4. The molecule has 6 nitrogen and oxygen atoms in total. The van der Waals surface area contributed by atoms with Crippen molar-refractivity contribution in [3.05, 3.63) is 70.8 Å². The average molecular weight is 412 g/mol. The number of nitrogens with zero attached hydrogens (tertiary/aromatic N) is 2. The molecule has 0 unspecified atom stereocenters. The molecular formula is C20H16N2O4S2. The minimum atomic E-state index is -0.561. The van der Waals surface area contributed by atoms with E-state index in [1.807, 2.05) is 12.1 Å². The molecule has 0 fully saturated rings. The number of amides is 2. The molecule has 0 spiro atoms. The molecule has 0 N–H and O–H groups in total. The quantitative estimate of drug-likeness (QED) is 0.553. The molecule has 2 aliphatic heterocycles. The first-order chi connectivity index (χ1) is 13.6. The van der Waals surface area contributed by atoms with Crippen molar-refractivity contribution in [1.29, 1.82) is 0 Å². The van der Waals surface area contributed by atoms with Crippen LogP contribution in [0.4, 0.5) is 0 Å². The summed E-state index contributed by atoms with van der Waals surface area (Å²) in [4.78, 5) is 42.7. The van der Waals surface area contributed by atoms with Crippen LogP contribution in [0.2, 0.25) is 0 Å². The Kier molecular flexibility index (Phi) is 5.50. The number of ether oxygens (including phenoxy) is 1. The Hall–Kier alpha value is -2.58. The standard InChI is InChI=1S/C20H16N2O4S2/c23-17-15-7-3-4-8-16(15)18(24)22(17)12-26-19(25)14-6-2-1-5-13(14)11-28-20-21-9-10-27-20/h1-8H,9-12H2. The number of esters is 1. The van der Waals surface area contributed by atoms with Gasteiger partial charge in [-0.25, -0.2) is 9.69 Å². The number of thioether (sulfide) groups is 2. The molecule has 8 heteroatoms. The van der Waals surface area contributed by atoms with Crippen molar-refractivity contribution in [3.63, 3.8) is 0 Å². The molecule has 4 rings (SSSR count). The van der Waals surface area contributed by atoms with E-state index in [9.17, 15) is 14.4 Å². The molecule has 0 atom stereocenters. The van der Waals surface area contributed by atoms with Crippen LogP contribution in [0.3, 0.4) is 0 Å². The second-order valence-corrected chi connectivity index (χ2v) is 8.39. The highest BCUT2D eigenvalue weighted by molar-refractivity contribution is 8.38. The smallest absolute Gasteiger partial charge is 0.340 e. The molecule has 2 heterocycles. The van der Waals surface area contributed by atoms with E-state index in [-0.39, 0.29) is 0 Å². The molecule has 0 aromatic heterocycles. The summed E-state index contributed by atoms with van der Waals surface area (Å²) in [5.74, 6) is 0.131. The SMILES string of the molecule is O=C(OCN1C(=O)c2ccccc2C1=O)c1ccccc1CSC1=NCCS1. The maximum atomic E-state index is 12.6. The zero-order valence-electron chi connectivity index (χ0n) is 14.8. The van der Waals surface area contributed by atoms with E-state index in [1.165, 1.54) is 0 Å². The Morgan fingerprint density at radius 2 is 1.75 bits per heavy atom. The number of hydrogen-bond acceptors (Lipinski definition) is 7. The van der Waals surface area contributed by atoms with Crippen molar-refractivity contribution in [2.45, 2.75) is 5.75 Å². The summed E-state index contributed by atoms with van der Waals surface area (Å²) in [6, 6.07) is 13.7. The molecule has 142 valence electrons. The Balaban J connectivity index is 1.42. The van der Waals surface area contributed by atoms with E-state index >= 15 is 0 Å². The summed E-state index contributed by atoms with van der Waals surface area (Å²) in [5.41, 5.74) is 1.91. The second-order valence-electron chi connectivity index (χ2n) is 6.09. The number of carbonyl (C=O) groups is 3. The fourth-order valence-corrected chi connectivity index (χ4v) is 4.96. The third-order valence-corrected chi connectivity index (χ3v) is 6.65. The van der Waals surface area contributed by atoms with E-state index in [0.717, 1.165) is 27.1 Å². The topological polar surface area (TPSA) is 76.0 Å². The van der Waals surface area contributed by atoms with Crippen molar-refractivity contribution in [3.8, 4) is 0 Å². The van der Waals surface area contributed by atoms with Crippen molar-refractivity contribution in [1.82, 2.24) is 4.90 Å². The van der Waals surface area contributed by atoms with E-state index in [0.29, 0.717) is 22.4 Å². The summed E-state index contributed by atoms with van der Waals surface area (Å²) in [6.07, 6.45) is 0. The van der Waals surface area contributed by atoms with Crippen LogP contribution in [0.5, 0.6) is 0 Å². The maximum Gasteiger partial charge on any atom is 0.340 e. The van der Waals surface area contributed by atoms with Crippen LogP contribution in [0.25, 0.3) is 0 Å². The normalized spacial score (nSPS) is 15.6. The lowest BCUT2D eigenvalue weighted by atomic mass is 10.1. The lowest BCUT2D eigenvalue weighted by Gasteiger charge is -2.15. The van der Waals surface area contributed by atoms with Gasteiger partial charge in [0.2, 0.25) is 0 Å². The van der Waals surface area contributed by atoms with Gasteiger partial charge in [0, 0.05) is 11.5 Å². The Morgan fingerprint density at radius 1 is 1.07 bits per heavy atom. The van der Waals surface area contributed by atoms with Gasteiger partial charge < -0.3 is 4.74 Å². The van der Waals surface area contributed by atoms with Gasteiger partial charge in [0.1, 0.15) is 4.38 Å². The maximum absolute atomic E-state index is 12.6. The van der Waals surface area contributed by atoms with Crippen LogP contribution in [-0.4, -0.2) is 46.1 Å². The van der Waals surface area contributed by atoms with E-state index in [4.69, 9.17) is 4.74 Å². The largest absolute Gasteiger partial charge is 0.440 e. The van der Waals surface area contributed by atoms with Crippen LogP contribution < -0.4 is 0 Å². The first kappa shape index (κ1) is 18.8. The highest BCUT2D eigenvalue weighted by Crippen LogP contribution is 2.27. The van der Waals surface area contributed by atoms with Gasteiger partial charge in [-0.15, -0.1) is 0 Å². The summed E-state index contributed by atoms with van der Waals surface area (Å²) in [7, 11) is 0. The number of aliphatic imine (C=N–C) groups is 1.